The van der Waals surface area contributed by atoms with Gasteiger partial charge in [0.05, 0.1) is 18.5 Å². The smallest absolute Gasteiger partial charge is 0.332 e. The quantitative estimate of drug-likeness (QED) is 0.611. The van der Waals surface area contributed by atoms with E-state index in [1.54, 1.807) is 0 Å². The Kier molecular flexibility index (Phi) is 4.91. The molecule has 6 nitrogen and oxygen atoms in total. The van der Waals surface area contributed by atoms with Gasteiger partial charge in [-0.2, -0.15) is 0 Å². The second-order valence-electron chi connectivity index (χ2n) is 4.11. The standard InChI is InChI=1S/C12H18N2O4/c1-3-9(12(16)17)14-10-5-7(6-15)4-8(13)11(10)18-2/h3,7,9,15H,1,4-6,13H2,2H3,(H,16,17)/t7-,9+/m1/s1. The number of aliphatic carboxylic acids is 1. The number of aliphatic imine (C=N–C) groups is 1. The minimum absolute atomic E-state index is 0.0253. The number of methoxy groups -OCH3 is 1. The van der Waals surface area contributed by atoms with Crippen LogP contribution in [-0.2, 0) is 9.53 Å². The number of carboxylic acids is 1. The van der Waals surface area contributed by atoms with Gasteiger partial charge in [-0.1, -0.05) is 6.08 Å². The largest absolute Gasteiger partial charge is 0.493 e. The first-order valence-electron chi connectivity index (χ1n) is 5.59. The number of ether oxygens (including phenoxy) is 1. The van der Waals surface area contributed by atoms with Crippen LogP contribution in [0.1, 0.15) is 12.8 Å². The number of hydrogen-bond acceptors (Lipinski definition) is 5. The van der Waals surface area contributed by atoms with E-state index in [4.69, 9.17) is 15.6 Å². The fourth-order valence-corrected chi connectivity index (χ4v) is 1.89. The number of nitrogens with two attached hydrogens (primary N) is 1. The highest BCUT2D eigenvalue weighted by Gasteiger charge is 2.26. The van der Waals surface area contributed by atoms with E-state index in [-0.39, 0.29) is 12.5 Å². The molecule has 0 saturated heterocycles. The summed E-state index contributed by atoms with van der Waals surface area (Å²) in [4.78, 5) is 15.0. The molecule has 100 valence electrons. The molecule has 0 aromatic rings. The number of carbonyl (C=O) groups is 1. The van der Waals surface area contributed by atoms with Gasteiger partial charge in [-0.25, -0.2) is 4.79 Å². The van der Waals surface area contributed by atoms with Crippen molar-refractivity contribution in [3.05, 3.63) is 24.1 Å². The highest BCUT2D eigenvalue weighted by molar-refractivity contribution is 6.01. The van der Waals surface area contributed by atoms with Crippen molar-refractivity contribution in [2.45, 2.75) is 18.9 Å². The van der Waals surface area contributed by atoms with Gasteiger partial charge in [-0.15, -0.1) is 6.58 Å². The van der Waals surface area contributed by atoms with Crippen molar-refractivity contribution in [1.29, 1.82) is 0 Å². The zero-order chi connectivity index (χ0) is 13.7. The number of aliphatic hydroxyl groups is 1. The predicted molar refractivity (Wildman–Crippen MR) is 67.1 cm³/mol. The van der Waals surface area contributed by atoms with Crippen LogP contribution in [0.4, 0.5) is 0 Å². The van der Waals surface area contributed by atoms with E-state index in [1.165, 1.54) is 13.2 Å². The van der Waals surface area contributed by atoms with Crippen molar-refractivity contribution < 1.29 is 19.7 Å². The average molecular weight is 254 g/mol. The van der Waals surface area contributed by atoms with Gasteiger partial charge in [0.25, 0.3) is 0 Å². The molecule has 0 radical (unpaired) electrons. The summed E-state index contributed by atoms with van der Waals surface area (Å²) in [5, 5.41) is 18.1. The molecule has 0 heterocycles. The first-order valence-corrected chi connectivity index (χ1v) is 5.59. The number of nitrogens with zero attached hydrogens (tertiary/aromatic N) is 1. The van der Waals surface area contributed by atoms with E-state index in [0.717, 1.165) is 0 Å². The highest BCUT2D eigenvalue weighted by Crippen LogP contribution is 2.25. The molecule has 4 N–H and O–H groups in total. The van der Waals surface area contributed by atoms with E-state index in [9.17, 15) is 9.90 Å². The molecule has 0 fully saturated rings. The lowest BCUT2D eigenvalue weighted by molar-refractivity contribution is -0.137. The van der Waals surface area contributed by atoms with Crippen molar-refractivity contribution >= 4 is 11.7 Å². The van der Waals surface area contributed by atoms with Crippen LogP contribution in [0.5, 0.6) is 0 Å². The lowest BCUT2D eigenvalue weighted by Gasteiger charge is -2.25. The van der Waals surface area contributed by atoms with Crippen LogP contribution in [0.15, 0.2) is 29.1 Å². The van der Waals surface area contributed by atoms with Gasteiger partial charge >= 0.3 is 5.97 Å². The molecule has 18 heavy (non-hydrogen) atoms. The van der Waals surface area contributed by atoms with Crippen LogP contribution in [0.2, 0.25) is 0 Å². The molecule has 0 amide bonds. The molecule has 0 spiro atoms. The van der Waals surface area contributed by atoms with Gasteiger partial charge < -0.3 is 20.7 Å². The fraction of sp³-hybridized carbons (Fsp3) is 0.500. The summed E-state index contributed by atoms with van der Waals surface area (Å²) in [6.07, 6.45) is 2.20. The molecule has 2 atom stereocenters. The van der Waals surface area contributed by atoms with Gasteiger partial charge in [0.2, 0.25) is 0 Å². The van der Waals surface area contributed by atoms with Crippen LogP contribution < -0.4 is 5.73 Å². The molecule has 1 aliphatic rings. The van der Waals surface area contributed by atoms with E-state index < -0.39 is 12.0 Å². The summed E-state index contributed by atoms with van der Waals surface area (Å²) < 4.78 is 5.15. The van der Waals surface area contributed by atoms with E-state index in [0.29, 0.717) is 30.0 Å². The number of allylic oxidation sites excluding steroid dienone is 2. The first-order chi connectivity index (χ1) is 8.53. The molecular formula is C12H18N2O4. The maximum absolute atomic E-state index is 10.9. The zero-order valence-corrected chi connectivity index (χ0v) is 10.3. The van der Waals surface area contributed by atoms with Crippen LogP contribution in [-0.4, -0.2) is 41.7 Å². The van der Waals surface area contributed by atoms with Crippen LogP contribution in [0.3, 0.4) is 0 Å². The van der Waals surface area contributed by atoms with Crippen molar-refractivity contribution in [2.24, 2.45) is 16.6 Å². The molecule has 6 heteroatoms. The molecule has 0 unspecified atom stereocenters. The summed E-state index contributed by atoms with van der Waals surface area (Å²) in [7, 11) is 1.46. The summed E-state index contributed by atoms with van der Waals surface area (Å²) in [6, 6.07) is -1.03. The third kappa shape index (κ3) is 3.10. The lowest BCUT2D eigenvalue weighted by atomic mass is 9.90. The molecule has 0 aromatic carbocycles. The summed E-state index contributed by atoms with van der Waals surface area (Å²) in [6.45, 7) is 3.41. The van der Waals surface area contributed by atoms with Gasteiger partial charge in [0.15, 0.2) is 11.8 Å². The van der Waals surface area contributed by atoms with E-state index in [2.05, 4.69) is 11.6 Å². The number of rotatable bonds is 5. The maximum Gasteiger partial charge on any atom is 0.332 e. The molecule has 0 saturated carbocycles. The van der Waals surface area contributed by atoms with E-state index in [1.807, 2.05) is 0 Å². The van der Waals surface area contributed by atoms with Crippen molar-refractivity contribution in [3.8, 4) is 0 Å². The SMILES string of the molecule is C=C[C@H](N=C1C[C@H](CO)CC(N)=C1OC)C(=O)O. The van der Waals surface area contributed by atoms with Crippen LogP contribution in [0, 0.1) is 5.92 Å². The zero-order valence-electron chi connectivity index (χ0n) is 10.3. The predicted octanol–water partition coefficient (Wildman–Crippen LogP) is 0.286. The monoisotopic (exact) mass is 254 g/mol. The summed E-state index contributed by atoms with van der Waals surface area (Å²) in [5.74, 6) is -0.729. The second kappa shape index (κ2) is 6.20. The molecule has 1 aliphatic carbocycles. The molecule has 0 bridgehead atoms. The van der Waals surface area contributed by atoms with Gasteiger partial charge in [0.1, 0.15) is 0 Å². The average Bonchev–Trinajstić information content (AvgIpc) is 2.34. The fourth-order valence-electron chi connectivity index (χ4n) is 1.89. The Morgan fingerprint density at radius 3 is 2.83 bits per heavy atom. The number of aliphatic hydroxyl groups excluding tert-OH is 1. The Labute approximate surface area is 105 Å². The molecule has 0 aliphatic heterocycles. The topological polar surface area (TPSA) is 105 Å². The Balaban J connectivity index is 3.10. The number of hydrogen-bond donors (Lipinski definition) is 3. The highest BCUT2D eigenvalue weighted by atomic mass is 16.5. The van der Waals surface area contributed by atoms with Gasteiger partial charge in [0, 0.05) is 6.61 Å². The van der Waals surface area contributed by atoms with Crippen molar-refractivity contribution in [3.63, 3.8) is 0 Å². The van der Waals surface area contributed by atoms with Crippen molar-refractivity contribution in [2.75, 3.05) is 13.7 Å². The van der Waals surface area contributed by atoms with Crippen LogP contribution in [0.25, 0.3) is 0 Å². The minimum atomic E-state index is -1.09. The Hall–Kier alpha value is -1.82. The first kappa shape index (κ1) is 14.2. The van der Waals surface area contributed by atoms with Gasteiger partial charge in [-0.05, 0) is 18.8 Å². The Morgan fingerprint density at radius 2 is 2.39 bits per heavy atom. The summed E-state index contributed by atoms with van der Waals surface area (Å²) >= 11 is 0. The third-order valence-electron chi connectivity index (χ3n) is 2.78. The lowest BCUT2D eigenvalue weighted by Crippen LogP contribution is -2.28. The molecule has 0 aromatic heterocycles. The third-order valence-corrected chi connectivity index (χ3v) is 2.78. The summed E-state index contributed by atoms with van der Waals surface area (Å²) in [5.41, 5.74) is 6.78. The van der Waals surface area contributed by atoms with Gasteiger partial charge in [-0.3, -0.25) is 4.99 Å². The minimum Gasteiger partial charge on any atom is -0.493 e. The van der Waals surface area contributed by atoms with E-state index >= 15 is 0 Å². The van der Waals surface area contributed by atoms with Crippen molar-refractivity contribution in [1.82, 2.24) is 0 Å². The normalized spacial score (nSPS) is 23.9. The Bertz CT molecular complexity index is 401. The maximum atomic E-state index is 10.9. The number of carboxylic acid groups (broad SMARTS) is 1. The van der Waals surface area contributed by atoms with Crippen LogP contribution >= 0.6 is 0 Å². The molecular weight excluding hydrogens is 236 g/mol. The Morgan fingerprint density at radius 1 is 1.72 bits per heavy atom. The molecule has 1 rings (SSSR count). The second-order valence-corrected chi connectivity index (χ2v) is 4.11.